The van der Waals surface area contributed by atoms with Crippen molar-refractivity contribution in [2.45, 2.75) is 90.1 Å². The van der Waals surface area contributed by atoms with Crippen LogP contribution in [-0.4, -0.2) is 6.11 Å². The first-order chi connectivity index (χ1) is 16.3. The normalized spacial score (nSPS) is 32.5. The molecule has 3 aliphatic carbocycles. The number of hydrogen-bond acceptors (Lipinski definition) is 1. The Morgan fingerprint density at radius 3 is 1.85 bits per heavy atom. The van der Waals surface area contributed by atoms with Gasteiger partial charge in [-0.05, 0) is 100 Å². The second kappa shape index (κ2) is 11.0. The molecule has 6 heteroatoms. The number of alkyl halides is 2. The minimum atomic E-state index is -3.54. The van der Waals surface area contributed by atoms with Gasteiger partial charge in [-0.1, -0.05) is 25.5 Å². The highest BCUT2D eigenvalue weighted by molar-refractivity contribution is 5.25. The van der Waals surface area contributed by atoms with Crippen LogP contribution in [0.4, 0.5) is 22.0 Å². The van der Waals surface area contributed by atoms with Gasteiger partial charge in [0, 0.05) is 12.1 Å². The Labute approximate surface area is 200 Å². The fraction of sp³-hybridized carbons (Fsp3) is 0.714. The maximum Gasteiger partial charge on any atom is 0.400 e. The summed E-state index contributed by atoms with van der Waals surface area (Å²) >= 11 is 0. The van der Waals surface area contributed by atoms with Gasteiger partial charge < -0.3 is 4.74 Å². The van der Waals surface area contributed by atoms with E-state index in [0.29, 0.717) is 42.7 Å². The van der Waals surface area contributed by atoms with Gasteiger partial charge in [0.15, 0.2) is 17.5 Å². The van der Waals surface area contributed by atoms with Crippen LogP contribution in [0.25, 0.3) is 0 Å². The van der Waals surface area contributed by atoms with Crippen molar-refractivity contribution in [3.8, 4) is 5.75 Å². The summed E-state index contributed by atoms with van der Waals surface area (Å²) in [5.74, 6) is -3.13. The zero-order chi connectivity index (χ0) is 24.3. The summed E-state index contributed by atoms with van der Waals surface area (Å²) < 4.78 is 73.9. The van der Waals surface area contributed by atoms with E-state index in [9.17, 15) is 22.0 Å². The predicted molar refractivity (Wildman–Crippen MR) is 123 cm³/mol. The Kier molecular flexibility index (Phi) is 8.24. The molecule has 4 rings (SSSR count). The lowest BCUT2D eigenvalue weighted by molar-refractivity contribution is -0.224. The number of rotatable bonds is 7. The monoisotopic (exact) mass is 484 g/mol. The standard InChI is InChI=1S/C28H37F5O/c1-2-3-18-4-6-19(7-5-18)20-8-10-21(11-9-20)22-12-14-23(15-13-22)28(32,33)34-24-16-25(29)27(31)26(30)17-24/h4,6,16-23H,2-3,5,7-15H2,1H3. The molecule has 3 aliphatic rings. The molecule has 190 valence electrons. The van der Waals surface area contributed by atoms with Gasteiger partial charge in [-0.15, -0.1) is 0 Å². The van der Waals surface area contributed by atoms with Gasteiger partial charge >= 0.3 is 6.11 Å². The minimum absolute atomic E-state index is 0.327. The van der Waals surface area contributed by atoms with Gasteiger partial charge in [0.1, 0.15) is 5.75 Å². The molecule has 2 saturated carbocycles. The fourth-order valence-electron chi connectivity index (χ4n) is 6.71. The highest BCUT2D eigenvalue weighted by Crippen LogP contribution is 2.47. The molecule has 0 heterocycles. The zero-order valence-corrected chi connectivity index (χ0v) is 20.1. The lowest BCUT2D eigenvalue weighted by Crippen LogP contribution is -2.38. The first-order valence-electron chi connectivity index (χ1n) is 13.2. The number of allylic oxidation sites excluding steroid dienone is 2. The third-order valence-electron chi connectivity index (χ3n) is 8.71. The molecular formula is C28H37F5O. The SMILES string of the molecule is CCCC1C=CC(C2CCC(C3CCC(C(F)(F)Oc4cc(F)c(F)c(F)c4)CC3)CC2)CC1. The molecule has 2 fully saturated rings. The molecule has 0 aliphatic heterocycles. The molecule has 1 aromatic rings. The second-order valence-electron chi connectivity index (χ2n) is 10.8. The fourth-order valence-corrected chi connectivity index (χ4v) is 6.71. The molecule has 0 radical (unpaired) electrons. The van der Waals surface area contributed by atoms with Crippen molar-refractivity contribution >= 4 is 0 Å². The summed E-state index contributed by atoms with van der Waals surface area (Å²) in [4.78, 5) is 0. The van der Waals surface area contributed by atoms with Crippen LogP contribution in [0.15, 0.2) is 24.3 Å². The topological polar surface area (TPSA) is 9.23 Å². The minimum Gasteiger partial charge on any atom is -0.432 e. The molecule has 34 heavy (non-hydrogen) atoms. The number of benzene rings is 1. The predicted octanol–water partition coefficient (Wildman–Crippen LogP) is 9.07. The lowest BCUT2D eigenvalue weighted by atomic mass is 9.66. The molecular weight excluding hydrogens is 447 g/mol. The van der Waals surface area contributed by atoms with Crippen molar-refractivity contribution < 1.29 is 26.7 Å². The molecule has 0 spiro atoms. The van der Waals surface area contributed by atoms with E-state index in [2.05, 4.69) is 23.8 Å². The van der Waals surface area contributed by atoms with E-state index in [4.69, 9.17) is 0 Å². The van der Waals surface area contributed by atoms with Crippen molar-refractivity contribution in [2.75, 3.05) is 0 Å². The number of hydrogen-bond donors (Lipinski definition) is 0. The van der Waals surface area contributed by atoms with E-state index in [1.165, 1.54) is 51.4 Å². The van der Waals surface area contributed by atoms with E-state index >= 15 is 0 Å². The average molecular weight is 485 g/mol. The van der Waals surface area contributed by atoms with E-state index < -0.39 is 35.2 Å². The zero-order valence-electron chi connectivity index (χ0n) is 20.1. The van der Waals surface area contributed by atoms with E-state index in [0.717, 1.165) is 24.7 Å². The molecule has 0 N–H and O–H groups in total. The molecule has 0 amide bonds. The molecule has 0 bridgehead atoms. The average Bonchev–Trinajstić information content (AvgIpc) is 2.83. The quantitative estimate of drug-likeness (QED) is 0.213. The Hall–Kier alpha value is -1.59. The van der Waals surface area contributed by atoms with Crippen molar-refractivity contribution in [1.82, 2.24) is 0 Å². The molecule has 0 aromatic heterocycles. The maximum atomic E-state index is 14.7. The molecule has 2 unspecified atom stereocenters. The Bertz CT molecular complexity index is 814. The molecule has 1 aromatic carbocycles. The Morgan fingerprint density at radius 2 is 1.32 bits per heavy atom. The van der Waals surface area contributed by atoms with Crippen LogP contribution in [-0.2, 0) is 0 Å². The Morgan fingerprint density at radius 1 is 0.765 bits per heavy atom. The largest absolute Gasteiger partial charge is 0.432 e. The van der Waals surface area contributed by atoms with Gasteiger partial charge in [0.2, 0.25) is 0 Å². The van der Waals surface area contributed by atoms with Gasteiger partial charge in [0.05, 0.1) is 5.92 Å². The van der Waals surface area contributed by atoms with Crippen LogP contribution in [0.2, 0.25) is 0 Å². The highest BCUT2D eigenvalue weighted by atomic mass is 19.3. The summed E-state index contributed by atoms with van der Waals surface area (Å²) in [5.41, 5.74) is 0. The summed E-state index contributed by atoms with van der Waals surface area (Å²) in [7, 11) is 0. The van der Waals surface area contributed by atoms with Crippen LogP contribution >= 0.6 is 0 Å². The van der Waals surface area contributed by atoms with E-state index in [-0.39, 0.29) is 0 Å². The number of halogens is 5. The summed E-state index contributed by atoms with van der Waals surface area (Å²) in [6.45, 7) is 2.25. The third-order valence-corrected chi connectivity index (χ3v) is 8.71. The van der Waals surface area contributed by atoms with Crippen molar-refractivity contribution in [2.24, 2.45) is 35.5 Å². The summed E-state index contributed by atoms with van der Waals surface area (Å²) in [6.07, 6.45) is 13.5. The van der Waals surface area contributed by atoms with E-state index in [1.54, 1.807) is 0 Å². The molecule has 0 saturated heterocycles. The van der Waals surface area contributed by atoms with Crippen LogP contribution in [0, 0.1) is 53.0 Å². The van der Waals surface area contributed by atoms with E-state index in [1.807, 2.05) is 0 Å². The van der Waals surface area contributed by atoms with Gasteiger partial charge in [0.25, 0.3) is 0 Å². The van der Waals surface area contributed by atoms with Crippen molar-refractivity contribution in [3.63, 3.8) is 0 Å². The van der Waals surface area contributed by atoms with Crippen LogP contribution in [0.5, 0.6) is 5.75 Å². The van der Waals surface area contributed by atoms with Gasteiger partial charge in [-0.25, -0.2) is 13.2 Å². The smallest absolute Gasteiger partial charge is 0.400 e. The first-order valence-corrected chi connectivity index (χ1v) is 13.2. The van der Waals surface area contributed by atoms with Gasteiger partial charge in [-0.3, -0.25) is 0 Å². The summed E-state index contributed by atoms with van der Waals surface area (Å²) in [6, 6.07) is 0.948. The summed E-state index contributed by atoms with van der Waals surface area (Å²) in [5, 5.41) is 0. The molecule has 2 atom stereocenters. The highest BCUT2D eigenvalue weighted by Gasteiger charge is 2.45. The lowest BCUT2D eigenvalue weighted by Gasteiger charge is -2.41. The Balaban J connectivity index is 1.24. The van der Waals surface area contributed by atoms with Crippen LogP contribution in [0.1, 0.15) is 84.0 Å². The van der Waals surface area contributed by atoms with Crippen LogP contribution in [0.3, 0.4) is 0 Å². The molecule has 1 nitrogen and oxygen atoms in total. The first kappa shape index (κ1) is 25.5. The van der Waals surface area contributed by atoms with Gasteiger partial charge in [-0.2, -0.15) is 8.78 Å². The van der Waals surface area contributed by atoms with Crippen LogP contribution < -0.4 is 4.74 Å². The van der Waals surface area contributed by atoms with Crippen molar-refractivity contribution in [1.29, 1.82) is 0 Å². The maximum absolute atomic E-state index is 14.7. The third kappa shape index (κ3) is 5.96. The number of ether oxygens (including phenoxy) is 1. The second-order valence-corrected chi connectivity index (χ2v) is 10.8. The van der Waals surface area contributed by atoms with Crippen molar-refractivity contribution in [3.05, 3.63) is 41.7 Å².